The number of nitrogens with zero attached hydrogens (tertiary/aromatic N) is 1. The smallest absolute Gasteiger partial charge is 0.0477 e. The molecule has 1 N–H and O–H groups in total. The van der Waals surface area contributed by atoms with E-state index < -0.39 is 0 Å². The third-order valence-corrected chi connectivity index (χ3v) is 3.93. The summed E-state index contributed by atoms with van der Waals surface area (Å²) in [5, 5.41) is 3.52. The molecule has 2 atom stereocenters. The monoisotopic (exact) mass is 242 g/mol. The van der Waals surface area contributed by atoms with Crippen molar-refractivity contribution in [1.82, 2.24) is 10.2 Å². The molecule has 0 radical (unpaired) electrons. The normalized spacial score (nSPS) is 19.6. The van der Waals surface area contributed by atoms with Crippen molar-refractivity contribution < 1.29 is 4.74 Å². The van der Waals surface area contributed by atoms with Crippen LogP contribution in [0.1, 0.15) is 40.0 Å². The van der Waals surface area contributed by atoms with Crippen LogP contribution < -0.4 is 5.32 Å². The van der Waals surface area contributed by atoms with Gasteiger partial charge in [0.2, 0.25) is 0 Å². The summed E-state index contributed by atoms with van der Waals surface area (Å²) in [5.41, 5.74) is 0. The molecule has 0 amide bonds. The quantitative estimate of drug-likeness (QED) is 0.594. The molecule has 1 saturated carbocycles. The van der Waals surface area contributed by atoms with Crippen LogP contribution in [0.25, 0.3) is 0 Å². The van der Waals surface area contributed by atoms with Gasteiger partial charge in [0.1, 0.15) is 0 Å². The molecule has 1 rings (SSSR count). The molecule has 1 aliphatic carbocycles. The van der Waals surface area contributed by atoms with Gasteiger partial charge in [-0.1, -0.05) is 0 Å². The molecule has 3 heteroatoms. The zero-order valence-corrected chi connectivity index (χ0v) is 12.0. The molecule has 0 bridgehead atoms. The van der Waals surface area contributed by atoms with E-state index >= 15 is 0 Å². The molecule has 3 nitrogen and oxygen atoms in total. The highest BCUT2D eigenvalue weighted by atomic mass is 16.5. The number of likely N-dealkylation sites (N-methyl/N-ethyl adjacent to an activating group) is 1. The Morgan fingerprint density at radius 1 is 1.35 bits per heavy atom. The van der Waals surface area contributed by atoms with Crippen LogP contribution in [0.3, 0.4) is 0 Å². The van der Waals surface area contributed by atoms with Crippen molar-refractivity contribution in [2.45, 2.75) is 52.1 Å². The molecule has 0 spiro atoms. The van der Waals surface area contributed by atoms with Gasteiger partial charge >= 0.3 is 0 Å². The summed E-state index contributed by atoms with van der Waals surface area (Å²) in [6.07, 6.45) is 3.97. The molecule has 2 unspecified atom stereocenters. The van der Waals surface area contributed by atoms with Crippen molar-refractivity contribution >= 4 is 0 Å². The summed E-state index contributed by atoms with van der Waals surface area (Å²) < 4.78 is 5.32. The Bertz CT molecular complexity index is 195. The van der Waals surface area contributed by atoms with E-state index in [0.29, 0.717) is 6.04 Å². The number of hydrogen-bond donors (Lipinski definition) is 1. The van der Waals surface area contributed by atoms with E-state index in [2.05, 4.69) is 31.1 Å². The van der Waals surface area contributed by atoms with E-state index in [1.54, 1.807) is 0 Å². The molecule has 0 aliphatic heterocycles. The van der Waals surface area contributed by atoms with Crippen LogP contribution >= 0.6 is 0 Å². The number of ether oxygens (including phenoxy) is 1. The van der Waals surface area contributed by atoms with E-state index in [4.69, 9.17) is 4.74 Å². The average Bonchev–Trinajstić information content (AvgIpc) is 3.15. The molecule has 17 heavy (non-hydrogen) atoms. The highest BCUT2D eigenvalue weighted by Crippen LogP contribution is 2.35. The van der Waals surface area contributed by atoms with Crippen molar-refractivity contribution in [3.63, 3.8) is 0 Å². The van der Waals surface area contributed by atoms with Crippen LogP contribution in [0, 0.1) is 5.92 Å². The average molecular weight is 242 g/mol. The van der Waals surface area contributed by atoms with Gasteiger partial charge in [-0.2, -0.15) is 0 Å². The van der Waals surface area contributed by atoms with E-state index in [0.717, 1.165) is 44.7 Å². The lowest BCUT2D eigenvalue weighted by Gasteiger charge is -2.31. The molecule has 0 saturated heterocycles. The van der Waals surface area contributed by atoms with Crippen molar-refractivity contribution in [1.29, 1.82) is 0 Å². The summed E-state index contributed by atoms with van der Waals surface area (Å²) in [4.78, 5) is 2.52. The van der Waals surface area contributed by atoms with Crippen molar-refractivity contribution in [2.24, 2.45) is 5.92 Å². The second-order valence-electron chi connectivity index (χ2n) is 5.35. The van der Waals surface area contributed by atoms with Crippen LogP contribution in [0.15, 0.2) is 0 Å². The van der Waals surface area contributed by atoms with Gasteiger partial charge in [-0.3, -0.25) is 4.90 Å². The Balaban J connectivity index is 2.01. The molecular formula is C14H30N2O. The first kappa shape index (κ1) is 14.9. The van der Waals surface area contributed by atoms with E-state index in [1.807, 2.05) is 6.92 Å². The molecule has 0 aromatic heterocycles. The Labute approximate surface area is 107 Å². The Hall–Kier alpha value is -0.120. The number of rotatable bonds is 10. The fourth-order valence-electron chi connectivity index (χ4n) is 2.21. The fraction of sp³-hybridized carbons (Fsp3) is 1.00. The minimum Gasteiger partial charge on any atom is -0.382 e. The lowest BCUT2D eigenvalue weighted by Crippen LogP contribution is -2.43. The molecule has 1 fully saturated rings. The molecule has 0 heterocycles. The highest BCUT2D eigenvalue weighted by Gasteiger charge is 2.31. The third kappa shape index (κ3) is 5.84. The lowest BCUT2D eigenvalue weighted by atomic mass is 10.1. The van der Waals surface area contributed by atoms with Gasteiger partial charge in [0.05, 0.1) is 0 Å². The van der Waals surface area contributed by atoms with E-state index in [1.165, 1.54) is 12.8 Å². The maximum Gasteiger partial charge on any atom is 0.0477 e. The molecular weight excluding hydrogens is 212 g/mol. The van der Waals surface area contributed by atoms with Crippen LogP contribution in [-0.4, -0.2) is 50.3 Å². The van der Waals surface area contributed by atoms with Crippen LogP contribution in [0.2, 0.25) is 0 Å². The first-order chi connectivity index (χ1) is 8.16. The SMILES string of the molecule is CCOCCCNCC(C)N(C)C(C)C1CC1. The first-order valence-corrected chi connectivity index (χ1v) is 7.17. The predicted octanol–water partition coefficient (Wildman–Crippen LogP) is 2.12. The molecule has 1 aliphatic rings. The van der Waals surface area contributed by atoms with E-state index in [9.17, 15) is 0 Å². The maximum atomic E-state index is 5.32. The van der Waals surface area contributed by atoms with Crippen LogP contribution in [0.4, 0.5) is 0 Å². The third-order valence-electron chi connectivity index (χ3n) is 3.93. The summed E-state index contributed by atoms with van der Waals surface area (Å²) >= 11 is 0. The van der Waals surface area contributed by atoms with Crippen LogP contribution in [0.5, 0.6) is 0 Å². The van der Waals surface area contributed by atoms with Gasteiger partial charge in [-0.25, -0.2) is 0 Å². The zero-order chi connectivity index (χ0) is 12.7. The molecule has 102 valence electrons. The summed E-state index contributed by atoms with van der Waals surface area (Å²) in [6, 6.07) is 1.37. The number of nitrogens with one attached hydrogen (secondary N) is 1. The van der Waals surface area contributed by atoms with Crippen LogP contribution in [-0.2, 0) is 4.74 Å². The molecule has 0 aromatic rings. The van der Waals surface area contributed by atoms with Gasteiger partial charge in [-0.05, 0) is 59.5 Å². The summed E-state index contributed by atoms with van der Waals surface area (Å²) in [5.74, 6) is 0.959. The fourth-order valence-corrected chi connectivity index (χ4v) is 2.21. The summed E-state index contributed by atoms with van der Waals surface area (Å²) in [7, 11) is 2.26. The van der Waals surface area contributed by atoms with Gasteiger partial charge in [0, 0.05) is 31.8 Å². The van der Waals surface area contributed by atoms with Crippen molar-refractivity contribution in [3.8, 4) is 0 Å². The van der Waals surface area contributed by atoms with Gasteiger partial charge in [0.15, 0.2) is 0 Å². The minimum atomic E-state index is 0.623. The Morgan fingerprint density at radius 3 is 2.65 bits per heavy atom. The van der Waals surface area contributed by atoms with Gasteiger partial charge < -0.3 is 10.1 Å². The van der Waals surface area contributed by atoms with E-state index in [-0.39, 0.29) is 0 Å². The largest absolute Gasteiger partial charge is 0.382 e. The predicted molar refractivity (Wildman–Crippen MR) is 73.4 cm³/mol. The zero-order valence-electron chi connectivity index (χ0n) is 12.0. The van der Waals surface area contributed by atoms with Crippen molar-refractivity contribution in [3.05, 3.63) is 0 Å². The Kier molecular flexibility index (Phi) is 7.09. The maximum absolute atomic E-state index is 5.32. The molecule has 0 aromatic carbocycles. The highest BCUT2D eigenvalue weighted by molar-refractivity contribution is 4.86. The first-order valence-electron chi connectivity index (χ1n) is 7.17. The second kappa shape index (κ2) is 8.06. The minimum absolute atomic E-state index is 0.623. The van der Waals surface area contributed by atoms with Gasteiger partial charge in [0.25, 0.3) is 0 Å². The summed E-state index contributed by atoms with van der Waals surface area (Å²) in [6.45, 7) is 10.6. The van der Waals surface area contributed by atoms with Crippen molar-refractivity contribution in [2.75, 3.05) is 33.4 Å². The second-order valence-corrected chi connectivity index (χ2v) is 5.35. The standard InChI is InChI=1S/C14H30N2O/c1-5-17-10-6-9-15-11-12(2)16(4)13(3)14-7-8-14/h12-15H,5-11H2,1-4H3. The topological polar surface area (TPSA) is 24.5 Å². The Morgan fingerprint density at radius 2 is 2.06 bits per heavy atom. The van der Waals surface area contributed by atoms with Gasteiger partial charge in [-0.15, -0.1) is 0 Å². The number of hydrogen-bond acceptors (Lipinski definition) is 3. The lowest BCUT2D eigenvalue weighted by molar-refractivity contribution is 0.142.